The van der Waals surface area contributed by atoms with Gasteiger partial charge in [-0.2, -0.15) is 0 Å². The van der Waals surface area contributed by atoms with Gasteiger partial charge in [0, 0.05) is 6.20 Å². The molecule has 0 saturated carbocycles. The third kappa shape index (κ3) is 11.6. The number of para-hydroxylation sites is 2. The summed E-state index contributed by atoms with van der Waals surface area (Å²) in [5, 5.41) is 0. The van der Waals surface area contributed by atoms with Gasteiger partial charge in [-0.25, -0.2) is 4.98 Å². The molecule has 0 amide bonds. The Bertz CT molecular complexity index is 789. The highest BCUT2D eigenvalue weighted by Gasteiger charge is 2.07. The molecule has 34 heavy (non-hydrogen) atoms. The van der Waals surface area contributed by atoms with Gasteiger partial charge in [0.15, 0.2) is 0 Å². The molecule has 3 nitrogen and oxygen atoms in total. The quantitative estimate of drug-likeness (QED) is 0.185. The van der Waals surface area contributed by atoms with Crippen LogP contribution in [-0.4, -0.2) is 9.55 Å². The van der Waals surface area contributed by atoms with E-state index in [-0.39, 0.29) is 0 Å². The Morgan fingerprint density at radius 1 is 0.676 bits per heavy atom. The van der Waals surface area contributed by atoms with E-state index >= 15 is 0 Å². The molecule has 0 radical (unpaired) electrons. The largest absolute Gasteiger partial charge is 0.369 e. The fourth-order valence-corrected chi connectivity index (χ4v) is 4.96. The number of anilines is 1. The van der Waals surface area contributed by atoms with E-state index in [1.165, 1.54) is 128 Å². The van der Waals surface area contributed by atoms with Crippen LogP contribution in [0.1, 0.15) is 142 Å². The van der Waals surface area contributed by atoms with Crippen LogP contribution in [0, 0.1) is 0 Å². The van der Waals surface area contributed by atoms with E-state index in [2.05, 4.69) is 47.8 Å². The van der Waals surface area contributed by atoms with E-state index in [0.717, 1.165) is 11.0 Å². The maximum Gasteiger partial charge on any atom is 0.205 e. The van der Waals surface area contributed by atoms with Crippen LogP contribution in [0.25, 0.3) is 17.2 Å². The van der Waals surface area contributed by atoms with E-state index in [9.17, 15) is 0 Å². The van der Waals surface area contributed by atoms with Crippen molar-refractivity contribution >= 4 is 23.2 Å². The van der Waals surface area contributed by atoms with Crippen molar-refractivity contribution in [2.45, 2.75) is 142 Å². The minimum Gasteiger partial charge on any atom is -0.369 e. The molecule has 0 saturated heterocycles. The Kier molecular flexibility index (Phi) is 15.5. The maximum atomic E-state index is 6.30. The van der Waals surface area contributed by atoms with Crippen LogP contribution in [0.5, 0.6) is 0 Å². The first-order valence-corrected chi connectivity index (χ1v) is 14.7. The van der Waals surface area contributed by atoms with Crippen molar-refractivity contribution in [3.63, 3.8) is 0 Å². The van der Waals surface area contributed by atoms with Gasteiger partial charge in [-0.05, 0) is 37.8 Å². The van der Waals surface area contributed by atoms with Crippen LogP contribution < -0.4 is 5.73 Å². The summed E-state index contributed by atoms with van der Waals surface area (Å²) < 4.78 is 2.12. The predicted octanol–water partition coefficient (Wildman–Crippen LogP) is 10.3. The molecule has 192 valence electrons. The molecule has 0 bridgehead atoms. The van der Waals surface area contributed by atoms with Gasteiger partial charge in [0.25, 0.3) is 0 Å². The lowest BCUT2D eigenvalue weighted by molar-refractivity contribution is 0.550. The number of hydrogen-bond donors (Lipinski definition) is 1. The smallest absolute Gasteiger partial charge is 0.205 e. The van der Waals surface area contributed by atoms with Crippen molar-refractivity contribution in [1.29, 1.82) is 0 Å². The summed E-state index contributed by atoms with van der Waals surface area (Å²) in [6.07, 6.45) is 29.6. The van der Waals surface area contributed by atoms with Crippen LogP contribution in [-0.2, 0) is 0 Å². The zero-order valence-corrected chi connectivity index (χ0v) is 22.5. The van der Waals surface area contributed by atoms with Crippen molar-refractivity contribution in [2.24, 2.45) is 0 Å². The van der Waals surface area contributed by atoms with Crippen LogP contribution in [0.4, 0.5) is 5.95 Å². The summed E-state index contributed by atoms with van der Waals surface area (Å²) in [5.74, 6) is 0.609. The summed E-state index contributed by atoms with van der Waals surface area (Å²) in [5.41, 5.74) is 9.95. The van der Waals surface area contributed by atoms with Crippen LogP contribution in [0.2, 0.25) is 0 Å². The molecule has 1 aromatic heterocycles. The first kappa shape index (κ1) is 28.5. The molecule has 1 heterocycles. The van der Waals surface area contributed by atoms with Crippen molar-refractivity contribution in [1.82, 2.24) is 9.55 Å². The highest BCUT2D eigenvalue weighted by atomic mass is 15.1. The average molecular weight is 468 g/mol. The summed E-state index contributed by atoms with van der Waals surface area (Å²) in [7, 11) is 0. The predicted molar refractivity (Wildman–Crippen MR) is 152 cm³/mol. The van der Waals surface area contributed by atoms with Gasteiger partial charge < -0.3 is 5.73 Å². The van der Waals surface area contributed by atoms with E-state index < -0.39 is 0 Å². The molecular formula is C31H53N3. The zero-order valence-electron chi connectivity index (χ0n) is 22.5. The van der Waals surface area contributed by atoms with Crippen molar-refractivity contribution in [3.8, 4) is 0 Å². The molecule has 2 aromatic rings. The first-order chi connectivity index (χ1) is 16.8. The van der Waals surface area contributed by atoms with E-state index in [0.29, 0.717) is 5.95 Å². The number of fused-ring (bicyclic) bond motifs is 1. The molecule has 0 unspecified atom stereocenters. The number of nitrogen functional groups attached to an aromatic ring is 1. The Morgan fingerprint density at radius 2 is 1.12 bits per heavy atom. The Labute approximate surface area is 210 Å². The molecule has 0 aliphatic heterocycles. The van der Waals surface area contributed by atoms with Crippen LogP contribution in [0.15, 0.2) is 29.8 Å². The van der Waals surface area contributed by atoms with Gasteiger partial charge in [-0.1, -0.05) is 134 Å². The van der Waals surface area contributed by atoms with Gasteiger partial charge in [-0.15, -0.1) is 0 Å². The van der Waals surface area contributed by atoms with E-state index in [1.54, 1.807) is 5.57 Å². The summed E-state index contributed by atoms with van der Waals surface area (Å²) in [6.45, 7) is 4.58. The third-order valence-electron chi connectivity index (χ3n) is 7.14. The Morgan fingerprint density at radius 3 is 1.62 bits per heavy atom. The van der Waals surface area contributed by atoms with Gasteiger partial charge in [0.2, 0.25) is 5.95 Å². The number of allylic oxidation sites excluding steroid dienone is 1. The maximum absolute atomic E-state index is 6.30. The molecule has 0 atom stereocenters. The van der Waals surface area contributed by atoms with Crippen molar-refractivity contribution in [2.75, 3.05) is 5.73 Å². The number of unbranched alkanes of at least 4 members (excludes halogenated alkanes) is 16. The number of imidazole rings is 1. The minimum atomic E-state index is 0.609. The van der Waals surface area contributed by atoms with E-state index in [1.807, 2.05) is 6.07 Å². The normalized spacial score (nSPS) is 12.1. The summed E-state index contributed by atoms with van der Waals surface area (Å²) in [6, 6.07) is 8.29. The molecule has 2 rings (SSSR count). The zero-order chi connectivity index (χ0) is 24.3. The topological polar surface area (TPSA) is 43.8 Å². The lowest BCUT2D eigenvalue weighted by Crippen LogP contribution is -1.98. The molecule has 2 N–H and O–H groups in total. The SMILES string of the molecule is CCCCCCCCCCCCC(=Cn1c(N)nc2ccccc21)CCCCCCCCCC. The second-order valence-corrected chi connectivity index (χ2v) is 10.3. The van der Waals surface area contributed by atoms with Crippen molar-refractivity contribution < 1.29 is 0 Å². The van der Waals surface area contributed by atoms with Crippen molar-refractivity contribution in [3.05, 3.63) is 29.8 Å². The molecular weight excluding hydrogens is 414 g/mol. The Balaban J connectivity index is 1.79. The molecule has 0 fully saturated rings. The van der Waals surface area contributed by atoms with Crippen LogP contribution >= 0.6 is 0 Å². The van der Waals surface area contributed by atoms with E-state index in [4.69, 9.17) is 5.73 Å². The minimum absolute atomic E-state index is 0.609. The third-order valence-corrected chi connectivity index (χ3v) is 7.14. The molecule has 0 aliphatic rings. The van der Waals surface area contributed by atoms with Crippen LogP contribution in [0.3, 0.4) is 0 Å². The number of nitrogens with two attached hydrogens (primary N) is 1. The number of rotatable bonds is 21. The number of hydrogen-bond acceptors (Lipinski definition) is 2. The molecule has 3 heteroatoms. The standard InChI is InChI=1S/C31H53N3/c1-3-5-7-9-11-13-14-16-18-20-24-28(23-19-17-15-12-10-8-6-4-2)27-34-30-26-22-21-25-29(30)33-31(34)32/h21-22,25-27H,3-20,23-24H2,1-2H3,(H2,32,33). The summed E-state index contributed by atoms with van der Waals surface area (Å²) in [4.78, 5) is 4.56. The lowest BCUT2D eigenvalue weighted by Gasteiger charge is -2.10. The molecule has 0 aliphatic carbocycles. The first-order valence-electron chi connectivity index (χ1n) is 14.7. The fourth-order valence-electron chi connectivity index (χ4n) is 4.96. The van der Waals surface area contributed by atoms with Gasteiger partial charge in [-0.3, -0.25) is 4.57 Å². The number of benzene rings is 1. The lowest BCUT2D eigenvalue weighted by atomic mass is 9.99. The monoisotopic (exact) mass is 467 g/mol. The molecule has 0 spiro atoms. The number of aromatic nitrogens is 2. The highest BCUT2D eigenvalue weighted by Crippen LogP contribution is 2.24. The second kappa shape index (κ2) is 18.5. The van der Waals surface area contributed by atoms with Gasteiger partial charge in [0.1, 0.15) is 0 Å². The van der Waals surface area contributed by atoms with Gasteiger partial charge >= 0.3 is 0 Å². The highest BCUT2D eigenvalue weighted by molar-refractivity contribution is 5.80. The second-order valence-electron chi connectivity index (χ2n) is 10.3. The fraction of sp³-hybridized carbons (Fsp3) is 0.710. The Hall–Kier alpha value is -1.77. The molecule has 1 aromatic carbocycles. The average Bonchev–Trinajstić information content (AvgIpc) is 3.16. The summed E-state index contributed by atoms with van der Waals surface area (Å²) >= 11 is 0. The number of nitrogens with zero attached hydrogens (tertiary/aromatic N) is 2. The van der Waals surface area contributed by atoms with Gasteiger partial charge in [0.05, 0.1) is 11.0 Å².